The molecule has 1 aromatic rings. The van der Waals surface area contributed by atoms with Gasteiger partial charge in [-0.2, -0.15) is 13.2 Å². The summed E-state index contributed by atoms with van der Waals surface area (Å²) in [5.74, 6) is -0.918. The lowest BCUT2D eigenvalue weighted by Crippen LogP contribution is -2.31. The molecule has 0 aromatic heterocycles. The van der Waals surface area contributed by atoms with Gasteiger partial charge in [0.15, 0.2) is 0 Å². The summed E-state index contributed by atoms with van der Waals surface area (Å²) >= 11 is 0. The van der Waals surface area contributed by atoms with E-state index in [9.17, 15) is 18.0 Å². The molecular weight excluding hydrogens is 303 g/mol. The minimum atomic E-state index is -4.61. The molecule has 120 valence electrons. The molecule has 0 unspecified atom stereocenters. The van der Waals surface area contributed by atoms with E-state index >= 15 is 0 Å². The molecule has 9 heteroatoms. The number of nitrogens with zero attached hydrogens (tertiary/aromatic N) is 2. The van der Waals surface area contributed by atoms with Gasteiger partial charge in [0.25, 0.3) is 0 Å². The fourth-order valence-corrected chi connectivity index (χ4v) is 2.04. The first-order valence-electron chi connectivity index (χ1n) is 6.38. The van der Waals surface area contributed by atoms with Crippen LogP contribution in [0.4, 0.5) is 13.2 Å². The van der Waals surface area contributed by atoms with E-state index in [1.54, 1.807) is 0 Å². The Bertz CT molecular complexity index is 610. The van der Waals surface area contributed by atoms with Crippen molar-refractivity contribution in [3.05, 3.63) is 29.3 Å². The third-order valence-electron chi connectivity index (χ3n) is 3.43. The smallest absolute Gasteiger partial charge is 0.442 e. The maximum atomic E-state index is 13.0. The molecule has 6 nitrogen and oxygen atoms in total. The average Bonchev–Trinajstić information content (AvgIpc) is 3.25. The first-order valence-corrected chi connectivity index (χ1v) is 6.38. The summed E-state index contributed by atoms with van der Waals surface area (Å²) in [6.45, 7) is 0. The molecule has 1 aliphatic heterocycles. The number of carboxylic acids is 1. The molecular formula is C13H14F3N3O3. The van der Waals surface area contributed by atoms with Crippen LogP contribution in [-0.4, -0.2) is 30.4 Å². The van der Waals surface area contributed by atoms with Crippen molar-refractivity contribution in [3.8, 4) is 5.75 Å². The molecule has 0 saturated heterocycles. The maximum Gasteiger partial charge on any atom is 0.442 e. The first-order chi connectivity index (χ1) is 10.2. The van der Waals surface area contributed by atoms with Crippen LogP contribution in [0.2, 0.25) is 0 Å². The summed E-state index contributed by atoms with van der Waals surface area (Å²) in [7, 11) is 1.32. The number of halogens is 3. The lowest BCUT2D eigenvalue weighted by atomic mass is 9.97. The predicted molar refractivity (Wildman–Crippen MR) is 69.5 cm³/mol. The van der Waals surface area contributed by atoms with Gasteiger partial charge in [-0.05, 0) is 24.5 Å². The third kappa shape index (κ3) is 2.89. The molecule has 3 N–H and O–H groups in total. The zero-order valence-corrected chi connectivity index (χ0v) is 11.6. The zero-order chi connectivity index (χ0) is 16.5. The van der Waals surface area contributed by atoms with Gasteiger partial charge in [0.1, 0.15) is 11.8 Å². The van der Waals surface area contributed by atoms with Gasteiger partial charge < -0.3 is 15.6 Å². The molecule has 1 aromatic carbocycles. The van der Waals surface area contributed by atoms with Gasteiger partial charge in [-0.1, -0.05) is 12.1 Å². The highest BCUT2D eigenvalue weighted by molar-refractivity contribution is 5.73. The van der Waals surface area contributed by atoms with Gasteiger partial charge in [0.2, 0.25) is 0 Å². The van der Waals surface area contributed by atoms with Crippen LogP contribution in [0.1, 0.15) is 17.5 Å². The summed E-state index contributed by atoms with van der Waals surface area (Å²) in [5.41, 5.74) is 3.33. The lowest BCUT2D eigenvalue weighted by Gasteiger charge is -2.17. The standard InChI is InChI=1S/C13H14F3N3O3/c1-22-10-6-8(12(18-19-12)13(14,15)16)4-2-7(10)3-5-9(17)11(20)21/h2,4,6,9H,3,5,17H2,1H3,(H,20,21)/t9-/m0/s1. The molecule has 0 saturated carbocycles. The number of carbonyl (C=O) groups is 1. The van der Waals surface area contributed by atoms with E-state index < -0.39 is 23.9 Å². The normalized spacial score (nSPS) is 17.1. The number of methoxy groups -OCH3 is 1. The van der Waals surface area contributed by atoms with E-state index in [0.29, 0.717) is 5.56 Å². The summed E-state index contributed by atoms with van der Waals surface area (Å²) in [4.78, 5) is 10.7. The Balaban J connectivity index is 2.20. The van der Waals surface area contributed by atoms with Crippen molar-refractivity contribution >= 4 is 5.97 Å². The van der Waals surface area contributed by atoms with E-state index in [0.717, 1.165) is 0 Å². The Hall–Kier alpha value is -2.16. The molecule has 0 spiro atoms. The molecule has 0 amide bonds. The fraction of sp³-hybridized carbons (Fsp3) is 0.462. The van der Waals surface area contributed by atoms with Crippen LogP contribution >= 0.6 is 0 Å². The van der Waals surface area contributed by atoms with Gasteiger partial charge in [0, 0.05) is 5.56 Å². The number of hydrogen-bond donors (Lipinski definition) is 2. The Labute approximate surface area is 123 Å². The second-order valence-corrected chi connectivity index (χ2v) is 4.88. The SMILES string of the molecule is COc1cc(C2(C(F)(F)F)N=N2)ccc1CC[C@H](N)C(=O)O. The number of benzene rings is 1. The van der Waals surface area contributed by atoms with Gasteiger partial charge in [-0.25, -0.2) is 0 Å². The number of carboxylic acid groups (broad SMARTS) is 1. The molecule has 0 radical (unpaired) electrons. The van der Waals surface area contributed by atoms with Gasteiger partial charge in [-0.3, -0.25) is 4.79 Å². The van der Waals surface area contributed by atoms with Gasteiger partial charge in [0.05, 0.1) is 7.11 Å². The highest BCUT2D eigenvalue weighted by Crippen LogP contribution is 2.52. The van der Waals surface area contributed by atoms with Crippen LogP contribution in [0.3, 0.4) is 0 Å². The van der Waals surface area contributed by atoms with Crippen LogP contribution in [0.5, 0.6) is 5.75 Å². The number of ether oxygens (including phenoxy) is 1. The number of alkyl halides is 3. The second-order valence-electron chi connectivity index (χ2n) is 4.88. The Morgan fingerprint density at radius 2 is 2.09 bits per heavy atom. The quantitative estimate of drug-likeness (QED) is 0.840. The number of hydrogen-bond acceptors (Lipinski definition) is 5. The summed E-state index contributed by atoms with van der Waals surface area (Å²) in [5, 5.41) is 15.0. The van der Waals surface area contributed by atoms with Crippen molar-refractivity contribution in [3.63, 3.8) is 0 Å². The third-order valence-corrected chi connectivity index (χ3v) is 3.43. The summed E-state index contributed by atoms with van der Waals surface area (Å²) < 4.78 is 43.9. The maximum absolute atomic E-state index is 13.0. The Kier molecular flexibility index (Phi) is 4.10. The van der Waals surface area contributed by atoms with Crippen molar-refractivity contribution in [2.24, 2.45) is 16.0 Å². The zero-order valence-electron chi connectivity index (χ0n) is 11.6. The van der Waals surface area contributed by atoms with Crippen LogP contribution < -0.4 is 10.5 Å². The number of rotatable bonds is 6. The number of aliphatic carboxylic acids is 1. The number of nitrogens with two attached hydrogens (primary N) is 1. The molecule has 0 bridgehead atoms. The monoisotopic (exact) mass is 317 g/mol. The van der Waals surface area contributed by atoms with Crippen molar-refractivity contribution in [1.29, 1.82) is 0 Å². The molecule has 2 rings (SSSR count). The van der Waals surface area contributed by atoms with Crippen LogP contribution in [0.25, 0.3) is 0 Å². The first kappa shape index (κ1) is 16.2. The molecule has 1 heterocycles. The largest absolute Gasteiger partial charge is 0.496 e. The van der Waals surface area contributed by atoms with Crippen LogP contribution in [0, 0.1) is 0 Å². The van der Waals surface area contributed by atoms with Crippen LogP contribution in [-0.2, 0) is 16.9 Å². The van der Waals surface area contributed by atoms with Crippen LogP contribution in [0.15, 0.2) is 28.4 Å². The molecule has 0 fully saturated rings. The summed E-state index contributed by atoms with van der Waals surface area (Å²) in [6.07, 6.45) is -4.19. The van der Waals surface area contributed by atoms with E-state index in [4.69, 9.17) is 15.6 Å². The van der Waals surface area contributed by atoms with E-state index in [2.05, 4.69) is 10.2 Å². The molecule has 0 aliphatic carbocycles. The highest BCUT2D eigenvalue weighted by atomic mass is 19.4. The van der Waals surface area contributed by atoms with E-state index in [1.165, 1.54) is 25.3 Å². The van der Waals surface area contributed by atoms with Crippen molar-refractivity contribution in [2.75, 3.05) is 7.11 Å². The number of aryl methyl sites for hydroxylation is 1. The lowest BCUT2D eigenvalue weighted by molar-refractivity contribution is -0.166. The fourth-order valence-electron chi connectivity index (χ4n) is 2.04. The van der Waals surface area contributed by atoms with Crippen molar-refractivity contribution in [2.45, 2.75) is 30.7 Å². The Morgan fingerprint density at radius 3 is 2.55 bits per heavy atom. The predicted octanol–water partition coefficient (Wildman–Crippen LogP) is 2.22. The summed E-state index contributed by atoms with van der Waals surface area (Å²) in [6, 6.07) is 2.88. The molecule has 22 heavy (non-hydrogen) atoms. The topological polar surface area (TPSA) is 97.3 Å². The second kappa shape index (κ2) is 5.56. The highest BCUT2D eigenvalue weighted by Gasteiger charge is 2.65. The Morgan fingerprint density at radius 1 is 1.45 bits per heavy atom. The minimum Gasteiger partial charge on any atom is -0.496 e. The average molecular weight is 317 g/mol. The molecule has 1 atom stereocenters. The molecule has 1 aliphatic rings. The van der Waals surface area contributed by atoms with Gasteiger partial charge >= 0.3 is 17.8 Å². The van der Waals surface area contributed by atoms with Gasteiger partial charge in [-0.15, -0.1) is 10.2 Å². The minimum absolute atomic E-state index is 0.136. The van der Waals surface area contributed by atoms with E-state index in [1.807, 2.05) is 0 Å². The van der Waals surface area contributed by atoms with Crippen molar-refractivity contribution < 1.29 is 27.8 Å². The van der Waals surface area contributed by atoms with E-state index in [-0.39, 0.29) is 24.2 Å². The van der Waals surface area contributed by atoms with Crippen molar-refractivity contribution in [1.82, 2.24) is 0 Å².